The Kier molecular flexibility index (Phi) is 8.38. The molecule has 3 heterocycles. The number of carbonyl (C=O) groups is 3. The first-order valence-electron chi connectivity index (χ1n) is 14.8. The van der Waals surface area contributed by atoms with Crippen LogP contribution in [0, 0.1) is 25.7 Å². The predicted octanol–water partition coefficient (Wildman–Crippen LogP) is 4.19. The number of carbonyl (C=O) groups excluding carboxylic acids is 3. The molecule has 0 atom stereocenters. The molecule has 2 N–H and O–H groups in total. The van der Waals surface area contributed by atoms with E-state index < -0.39 is 5.54 Å². The van der Waals surface area contributed by atoms with Gasteiger partial charge in [0.15, 0.2) is 0 Å². The Morgan fingerprint density at radius 2 is 1.74 bits per heavy atom. The number of rotatable bonds is 9. The Hall–Kier alpha value is -2.78. The number of urea groups is 1. The van der Waals surface area contributed by atoms with E-state index in [-0.39, 0.29) is 24.4 Å². The summed E-state index contributed by atoms with van der Waals surface area (Å²) in [5.74, 6) is 2.01. The number of piperidine rings is 1. The van der Waals surface area contributed by atoms with E-state index in [0.717, 1.165) is 47.7 Å². The van der Waals surface area contributed by atoms with Gasteiger partial charge in [-0.1, -0.05) is 26.2 Å². The highest BCUT2D eigenvalue weighted by molar-refractivity contribution is 6.19. The van der Waals surface area contributed by atoms with E-state index >= 15 is 0 Å². The predicted molar refractivity (Wildman–Crippen MR) is 151 cm³/mol. The van der Waals surface area contributed by atoms with E-state index in [1.807, 2.05) is 31.0 Å². The number of hydroxylamine groups is 2. The lowest BCUT2D eigenvalue weighted by atomic mass is 9.79. The number of benzene rings is 1. The zero-order valence-electron chi connectivity index (χ0n) is 23.7. The van der Waals surface area contributed by atoms with Crippen molar-refractivity contribution in [3.05, 3.63) is 28.8 Å². The van der Waals surface area contributed by atoms with Crippen LogP contribution in [0.2, 0.25) is 0 Å². The number of imide groups is 1. The first-order valence-corrected chi connectivity index (χ1v) is 14.8. The summed E-state index contributed by atoms with van der Waals surface area (Å²) < 4.78 is 0. The van der Waals surface area contributed by atoms with Gasteiger partial charge >= 0.3 is 6.03 Å². The van der Waals surface area contributed by atoms with Crippen LogP contribution in [-0.2, 0) is 20.8 Å². The minimum absolute atomic E-state index is 0.0397. The second-order valence-electron chi connectivity index (χ2n) is 11.8. The van der Waals surface area contributed by atoms with Crippen LogP contribution < -0.4 is 15.5 Å². The van der Waals surface area contributed by atoms with Crippen LogP contribution in [0.3, 0.4) is 0 Å². The number of nitrogens with one attached hydrogen (secondary N) is 2. The maximum absolute atomic E-state index is 13.0. The Morgan fingerprint density at radius 1 is 1.05 bits per heavy atom. The summed E-state index contributed by atoms with van der Waals surface area (Å²) in [4.78, 5) is 49.5. The largest absolute Gasteiger partial charge is 0.329 e. The van der Waals surface area contributed by atoms with E-state index in [4.69, 9.17) is 9.83 Å². The number of hydrogen-bond acceptors (Lipinski definition) is 6. The zero-order valence-corrected chi connectivity index (χ0v) is 23.7. The molecule has 0 bridgehead atoms. The molecule has 212 valence electrons. The smallest absolute Gasteiger partial charge is 0.328 e. The van der Waals surface area contributed by atoms with Crippen LogP contribution >= 0.6 is 0 Å². The van der Waals surface area contributed by atoms with E-state index in [2.05, 4.69) is 17.6 Å². The minimum Gasteiger partial charge on any atom is -0.328 e. The summed E-state index contributed by atoms with van der Waals surface area (Å²) in [6.45, 7) is 8.18. The fourth-order valence-corrected chi connectivity index (χ4v) is 6.73. The number of amidine groups is 1. The fourth-order valence-electron chi connectivity index (χ4n) is 6.73. The molecule has 9 nitrogen and oxygen atoms in total. The maximum Gasteiger partial charge on any atom is 0.329 e. The maximum atomic E-state index is 13.0. The molecule has 4 amide bonds. The van der Waals surface area contributed by atoms with Gasteiger partial charge in [-0.3, -0.25) is 19.4 Å². The second-order valence-corrected chi connectivity index (χ2v) is 11.8. The highest BCUT2D eigenvalue weighted by Gasteiger charge is 2.47. The van der Waals surface area contributed by atoms with Gasteiger partial charge in [0.25, 0.3) is 11.8 Å². The van der Waals surface area contributed by atoms with Crippen molar-refractivity contribution in [1.29, 1.82) is 0 Å². The molecule has 1 aromatic rings. The van der Waals surface area contributed by atoms with E-state index in [9.17, 15) is 14.4 Å². The lowest BCUT2D eigenvalue weighted by Crippen LogP contribution is -2.49. The third-order valence-electron chi connectivity index (χ3n) is 9.16. The van der Waals surface area contributed by atoms with Crippen LogP contribution in [0.1, 0.15) is 81.4 Å². The molecule has 1 aliphatic carbocycles. The molecule has 3 aliphatic heterocycles. The standard InChI is InChI=1S/C30H43N5O4/c1-4-5-6-22-7-9-23(10-8-22)27-32-28(37)30(33-27)12-14-34(15-13-30)39-16-11-25-20(2)17-24(18-21(25)3)35-26(36)19-31-29(35)38/h17-18,22-23H,4-16,19H2,1-3H3,(H,31,38)(H,32,33,37). The Labute approximate surface area is 231 Å². The topological polar surface area (TPSA) is 103 Å². The quantitative estimate of drug-likeness (QED) is 0.460. The average Bonchev–Trinajstić information content (AvgIpc) is 3.43. The fraction of sp³-hybridized carbons (Fsp3) is 0.667. The molecule has 0 unspecified atom stereocenters. The Morgan fingerprint density at radius 3 is 2.36 bits per heavy atom. The molecule has 0 radical (unpaired) electrons. The van der Waals surface area contributed by atoms with Crippen LogP contribution in [0.15, 0.2) is 17.1 Å². The third-order valence-corrected chi connectivity index (χ3v) is 9.16. The van der Waals surface area contributed by atoms with Gasteiger partial charge in [-0.15, -0.1) is 0 Å². The van der Waals surface area contributed by atoms with Crippen molar-refractivity contribution in [3.8, 4) is 0 Å². The monoisotopic (exact) mass is 537 g/mol. The molecule has 1 aromatic carbocycles. The SMILES string of the molecule is CCCCC1CCC(C2=NC3(CCN(OCCc4c(C)cc(N5C(=O)CNC5=O)cc4C)CC3)C(=O)N2)CC1. The zero-order chi connectivity index (χ0) is 27.6. The second kappa shape index (κ2) is 11.8. The van der Waals surface area contributed by atoms with Crippen molar-refractivity contribution in [3.63, 3.8) is 0 Å². The van der Waals surface area contributed by atoms with Gasteiger partial charge in [0, 0.05) is 19.0 Å². The number of nitrogens with zero attached hydrogens (tertiary/aromatic N) is 3. The van der Waals surface area contributed by atoms with Crippen molar-refractivity contribution in [2.75, 3.05) is 31.1 Å². The number of aliphatic imine (C=N–C) groups is 1. The van der Waals surface area contributed by atoms with Crippen molar-refractivity contribution in [2.24, 2.45) is 16.8 Å². The van der Waals surface area contributed by atoms with Gasteiger partial charge in [-0.2, -0.15) is 5.06 Å². The van der Waals surface area contributed by atoms with Crippen molar-refractivity contribution in [1.82, 2.24) is 15.7 Å². The average molecular weight is 538 g/mol. The van der Waals surface area contributed by atoms with Crippen LogP contribution in [0.25, 0.3) is 0 Å². The first-order chi connectivity index (χ1) is 18.8. The number of anilines is 1. The van der Waals surface area contributed by atoms with Crippen LogP contribution in [0.5, 0.6) is 0 Å². The first kappa shape index (κ1) is 27.8. The molecule has 1 spiro atoms. The number of hydrogen-bond donors (Lipinski definition) is 2. The summed E-state index contributed by atoms with van der Waals surface area (Å²) in [7, 11) is 0. The van der Waals surface area contributed by atoms with Gasteiger partial charge in [0.2, 0.25) is 0 Å². The molecular formula is C30H43N5O4. The van der Waals surface area contributed by atoms with Gasteiger partial charge in [-0.05, 0) is 93.5 Å². The van der Waals surface area contributed by atoms with Gasteiger partial charge < -0.3 is 10.6 Å². The number of amides is 4. The third kappa shape index (κ3) is 5.89. The molecule has 1 saturated carbocycles. The van der Waals surface area contributed by atoms with Gasteiger partial charge in [0.05, 0.1) is 18.8 Å². The van der Waals surface area contributed by atoms with Crippen LogP contribution in [-0.4, -0.2) is 60.5 Å². The summed E-state index contributed by atoms with van der Waals surface area (Å²) in [5.41, 5.74) is 3.20. The van der Waals surface area contributed by atoms with E-state index in [1.165, 1.54) is 37.0 Å². The highest BCUT2D eigenvalue weighted by Crippen LogP contribution is 2.37. The normalized spacial score (nSPS) is 25.3. The van der Waals surface area contributed by atoms with Crippen molar-refractivity contribution < 1.29 is 19.2 Å². The van der Waals surface area contributed by atoms with E-state index in [0.29, 0.717) is 44.1 Å². The van der Waals surface area contributed by atoms with Crippen molar-refractivity contribution >= 4 is 29.4 Å². The molecule has 2 saturated heterocycles. The number of unbranched alkanes of at least 4 members (excludes halogenated alkanes) is 1. The minimum atomic E-state index is -0.628. The number of aryl methyl sites for hydroxylation is 2. The summed E-state index contributed by atoms with van der Waals surface area (Å²) in [5, 5.41) is 7.70. The van der Waals surface area contributed by atoms with E-state index in [1.54, 1.807) is 0 Å². The Balaban J connectivity index is 1.11. The molecule has 5 rings (SSSR count). The highest BCUT2D eigenvalue weighted by atomic mass is 16.7. The molecule has 4 aliphatic rings. The summed E-state index contributed by atoms with van der Waals surface area (Å²) in [6.07, 6.45) is 10.8. The summed E-state index contributed by atoms with van der Waals surface area (Å²) in [6, 6.07) is 3.41. The lowest BCUT2D eigenvalue weighted by Gasteiger charge is -2.34. The molecule has 39 heavy (non-hydrogen) atoms. The van der Waals surface area contributed by atoms with Gasteiger partial charge in [0.1, 0.15) is 11.4 Å². The Bertz CT molecular complexity index is 1090. The lowest BCUT2D eigenvalue weighted by molar-refractivity contribution is -0.176. The molecule has 0 aromatic heterocycles. The van der Waals surface area contributed by atoms with Crippen LogP contribution in [0.4, 0.5) is 10.5 Å². The summed E-state index contributed by atoms with van der Waals surface area (Å²) >= 11 is 0. The van der Waals surface area contributed by atoms with Gasteiger partial charge in [-0.25, -0.2) is 9.69 Å². The van der Waals surface area contributed by atoms with Crippen molar-refractivity contribution in [2.45, 2.75) is 90.5 Å². The molecule has 3 fully saturated rings. The molecular weight excluding hydrogens is 494 g/mol. The molecule has 9 heteroatoms.